The molecule has 3 aromatic carbocycles. The first-order valence-electron chi connectivity index (χ1n) is 14.9. The van der Waals surface area contributed by atoms with E-state index in [0.717, 1.165) is 84.9 Å². The van der Waals surface area contributed by atoms with Crippen LogP contribution in [0.4, 0.5) is 19.3 Å². The summed E-state index contributed by atoms with van der Waals surface area (Å²) in [5.41, 5.74) is 3.25. The van der Waals surface area contributed by atoms with Crippen LogP contribution in [0, 0.1) is 11.6 Å². The zero-order chi connectivity index (χ0) is 29.6. The summed E-state index contributed by atoms with van der Waals surface area (Å²) in [7, 11) is 0. The maximum Gasteiger partial charge on any atom is 0.321 e. The lowest BCUT2D eigenvalue weighted by Crippen LogP contribution is -2.36. The Labute approximate surface area is 252 Å². The van der Waals surface area contributed by atoms with Crippen molar-refractivity contribution in [1.82, 2.24) is 14.5 Å². The van der Waals surface area contributed by atoms with Crippen LogP contribution in [0.2, 0.25) is 0 Å². The van der Waals surface area contributed by atoms with E-state index in [1.807, 2.05) is 42.6 Å². The van der Waals surface area contributed by atoms with Gasteiger partial charge in [-0.05, 0) is 43.5 Å². The second-order valence-corrected chi connectivity index (χ2v) is 11.4. The molecular weight excluding hydrogens is 550 g/mol. The van der Waals surface area contributed by atoms with Gasteiger partial charge < -0.3 is 10.2 Å². The number of nitrogens with one attached hydrogen (secondary N) is 1. The number of hydrogen-bond acceptors (Lipinski definition) is 3. The molecule has 1 N–H and O–H groups in total. The van der Waals surface area contributed by atoms with Crippen molar-refractivity contribution >= 4 is 23.5 Å². The number of benzene rings is 3. The van der Waals surface area contributed by atoms with Crippen LogP contribution < -0.4 is 5.32 Å². The molecule has 0 radical (unpaired) electrons. The van der Waals surface area contributed by atoms with Gasteiger partial charge in [0.25, 0.3) is 0 Å². The van der Waals surface area contributed by atoms with Gasteiger partial charge in [0, 0.05) is 36.2 Å². The summed E-state index contributed by atoms with van der Waals surface area (Å²) in [5, 5.41) is 3.58. The molecule has 0 atom stereocenters. The number of urea groups is 1. The monoisotopic (exact) mass is 590 g/mol. The lowest BCUT2D eigenvalue weighted by Gasteiger charge is -2.23. The molecule has 1 aromatic heterocycles. The van der Waals surface area contributed by atoms with E-state index in [-0.39, 0.29) is 11.7 Å². The molecule has 4 aromatic rings. The number of amides is 2. The molecule has 8 heteroatoms. The quantitative estimate of drug-likeness (QED) is 0.104. The lowest BCUT2D eigenvalue weighted by molar-refractivity contribution is 0.209. The van der Waals surface area contributed by atoms with Gasteiger partial charge in [-0.1, -0.05) is 99.3 Å². The second-order valence-electron chi connectivity index (χ2n) is 10.3. The summed E-state index contributed by atoms with van der Waals surface area (Å²) in [6.45, 7) is 3.38. The lowest BCUT2D eigenvalue weighted by atomic mass is 10.1. The van der Waals surface area contributed by atoms with Gasteiger partial charge in [-0.25, -0.2) is 18.6 Å². The maximum atomic E-state index is 14.1. The summed E-state index contributed by atoms with van der Waals surface area (Å²) in [4.78, 5) is 19.5. The first-order valence-corrected chi connectivity index (χ1v) is 15.9. The zero-order valence-electron chi connectivity index (χ0n) is 24.3. The molecule has 0 bridgehead atoms. The fraction of sp³-hybridized carbons (Fsp3) is 0.353. The van der Waals surface area contributed by atoms with E-state index in [2.05, 4.69) is 41.1 Å². The van der Waals surface area contributed by atoms with E-state index >= 15 is 0 Å². The van der Waals surface area contributed by atoms with Gasteiger partial charge in [0.2, 0.25) is 0 Å². The molecular formula is C34H40F2N4OS. The van der Waals surface area contributed by atoms with E-state index in [4.69, 9.17) is 4.98 Å². The van der Waals surface area contributed by atoms with Crippen LogP contribution in [0.1, 0.15) is 58.3 Å². The number of imidazole rings is 1. The number of unbranched alkanes of at least 4 members (excludes halogenated alkanes) is 6. The Balaban J connectivity index is 1.31. The molecule has 2 amide bonds. The summed E-state index contributed by atoms with van der Waals surface area (Å²) in [6.07, 6.45) is 10.1. The Morgan fingerprint density at radius 2 is 1.52 bits per heavy atom. The molecule has 222 valence electrons. The third-order valence-electron chi connectivity index (χ3n) is 7.11. The highest BCUT2D eigenvalue weighted by molar-refractivity contribution is 7.99. The average Bonchev–Trinajstić information content (AvgIpc) is 3.43. The Morgan fingerprint density at radius 1 is 0.857 bits per heavy atom. The van der Waals surface area contributed by atoms with Gasteiger partial charge in [-0.15, -0.1) is 0 Å². The number of para-hydroxylation sites is 1. The van der Waals surface area contributed by atoms with Crippen molar-refractivity contribution in [3.8, 4) is 16.9 Å². The van der Waals surface area contributed by atoms with Crippen LogP contribution in [0.15, 0.2) is 90.2 Å². The Bertz CT molecular complexity index is 1380. The molecule has 0 fully saturated rings. The van der Waals surface area contributed by atoms with Crippen molar-refractivity contribution in [3.05, 3.63) is 96.7 Å². The molecule has 4 rings (SSSR count). The number of rotatable bonds is 16. The second kappa shape index (κ2) is 16.7. The molecule has 0 saturated heterocycles. The van der Waals surface area contributed by atoms with Gasteiger partial charge in [0.1, 0.15) is 11.6 Å². The SMILES string of the molecule is CCCCCCCN(CCCCCSc1ncc(-c2ccccc2)n1-c1ccccc1)C(=O)Nc1ccc(F)cc1F. The molecule has 1 heterocycles. The minimum absolute atomic E-state index is 0.00225. The third-order valence-corrected chi connectivity index (χ3v) is 8.15. The zero-order valence-corrected chi connectivity index (χ0v) is 25.1. The predicted molar refractivity (Wildman–Crippen MR) is 169 cm³/mol. The third kappa shape index (κ3) is 9.18. The van der Waals surface area contributed by atoms with Gasteiger partial charge in [-0.2, -0.15) is 0 Å². The van der Waals surface area contributed by atoms with Crippen molar-refractivity contribution < 1.29 is 13.6 Å². The van der Waals surface area contributed by atoms with Crippen molar-refractivity contribution in [2.45, 2.75) is 63.4 Å². The highest BCUT2D eigenvalue weighted by atomic mass is 32.2. The van der Waals surface area contributed by atoms with Crippen LogP contribution in [-0.2, 0) is 0 Å². The van der Waals surface area contributed by atoms with Crippen molar-refractivity contribution in [1.29, 1.82) is 0 Å². The predicted octanol–water partition coefficient (Wildman–Crippen LogP) is 9.58. The summed E-state index contributed by atoms with van der Waals surface area (Å²) < 4.78 is 29.7. The largest absolute Gasteiger partial charge is 0.325 e. The van der Waals surface area contributed by atoms with Gasteiger partial charge in [-0.3, -0.25) is 4.57 Å². The summed E-state index contributed by atoms with van der Waals surface area (Å²) in [5.74, 6) is -0.534. The van der Waals surface area contributed by atoms with Crippen LogP contribution in [0.3, 0.4) is 0 Å². The molecule has 0 aliphatic carbocycles. The van der Waals surface area contributed by atoms with Gasteiger partial charge in [0.05, 0.1) is 17.6 Å². The molecule has 0 aliphatic heterocycles. The Kier molecular flexibility index (Phi) is 12.4. The van der Waals surface area contributed by atoms with Crippen molar-refractivity contribution in [2.75, 3.05) is 24.2 Å². The Hall–Kier alpha value is -3.65. The standard InChI is InChI=1S/C34H40F2N4OS/c1-2-3-4-5-13-22-39(33(41)38-31-21-20-28(35)25-30(31)36)23-14-8-15-24-42-34-37-26-32(27-16-9-6-10-17-27)40(34)29-18-11-7-12-19-29/h6-7,9-12,16-21,25-26H,2-5,8,13-15,22-24H2,1H3,(H,38,41). The molecule has 0 unspecified atom stereocenters. The number of hydrogen-bond donors (Lipinski definition) is 1. The van der Waals surface area contributed by atoms with E-state index < -0.39 is 11.6 Å². The first kappa shape index (κ1) is 31.3. The highest BCUT2D eigenvalue weighted by Gasteiger charge is 2.16. The summed E-state index contributed by atoms with van der Waals surface area (Å²) >= 11 is 1.74. The van der Waals surface area contributed by atoms with E-state index in [9.17, 15) is 13.6 Å². The average molecular weight is 591 g/mol. The molecule has 42 heavy (non-hydrogen) atoms. The van der Waals surface area contributed by atoms with Crippen LogP contribution >= 0.6 is 11.8 Å². The van der Waals surface area contributed by atoms with E-state index in [1.54, 1.807) is 16.7 Å². The fourth-order valence-electron chi connectivity index (χ4n) is 4.83. The highest BCUT2D eigenvalue weighted by Crippen LogP contribution is 2.30. The normalized spacial score (nSPS) is 11.0. The summed E-state index contributed by atoms with van der Waals surface area (Å²) in [6, 6.07) is 23.4. The van der Waals surface area contributed by atoms with Crippen LogP contribution in [0.5, 0.6) is 0 Å². The van der Waals surface area contributed by atoms with Crippen molar-refractivity contribution in [3.63, 3.8) is 0 Å². The van der Waals surface area contributed by atoms with Gasteiger partial charge >= 0.3 is 6.03 Å². The van der Waals surface area contributed by atoms with Crippen molar-refractivity contribution in [2.24, 2.45) is 0 Å². The number of nitrogens with zero attached hydrogens (tertiary/aromatic N) is 3. The number of carbonyl (C=O) groups is 1. The molecule has 0 saturated carbocycles. The topological polar surface area (TPSA) is 50.2 Å². The van der Waals surface area contributed by atoms with Gasteiger partial charge in [0.15, 0.2) is 5.16 Å². The Morgan fingerprint density at radius 3 is 2.21 bits per heavy atom. The number of thioether (sulfide) groups is 1. The molecule has 0 spiro atoms. The number of carbonyl (C=O) groups excluding carboxylic acids is 1. The smallest absolute Gasteiger partial charge is 0.321 e. The number of anilines is 1. The fourth-order valence-corrected chi connectivity index (χ4v) is 5.82. The van der Waals surface area contributed by atoms with Crippen LogP contribution in [0.25, 0.3) is 16.9 Å². The van der Waals surface area contributed by atoms with E-state index in [0.29, 0.717) is 13.1 Å². The first-order chi connectivity index (χ1) is 20.6. The minimum Gasteiger partial charge on any atom is -0.325 e. The number of aromatic nitrogens is 2. The minimum atomic E-state index is -0.771. The van der Waals surface area contributed by atoms with Crippen LogP contribution in [-0.4, -0.2) is 39.3 Å². The molecule has 5 nitrogen and oxygen atoms in total. The van der Waals surface area contributed by atoms with E-state index in [1.165, 1.54) is 12.5 Å². The molecule has 0 aliphatic rings. The maximum absolute atomic E-state index is 14.1. The number of halogens is 2.